The molecule has 0 bridgehead atoms. The largest absolute Gasteiger partial charge is 0.352 e. The van der Waals surface area contributed by atoms with E-state index in [1.165, 1.54) is 23.0 Å². The van der Waals surface area contributed by atoms with Gasteiger partial charge in [0.25, 0.3) is 6.43 Å². The number of likely N-dealkylation sites (tertiary alicyclic amines) is 1. The number of halogens is 2. The first kappa shape index (κ1) is 26.9. The Morgan fingerprint density at radius 3 is 2.43 bits per heavy atom. The molecule has 4 aromatic rings. The maximum atomic E-state index is 13.5. The van der Waals surface area contributed by atoms with Crippen LogP contribution in [-0.2, 0) is 10.0 Å². The molecule has 2 saturated heterocycles. The average Bonchev–Trinajstić information content (AvgIpc) is 3.39. The van der Waals surface area contributed by atoms with Crippen LogP contribution in [0, 0.1) is 11.3 Å². The number of fused-ring (bicyclic) bond motifs is 3. The van der Waals surface area contributed by atoms with Crippen molar-refractivity contribution in [1.29, 1.82) is 5.26 Å². The number of nitrogens with one attached hydrogen (secondary N) is 1. The number of amides is 2. The first-order chi connectivity index (χ1) is 20.2. The fourth-order valence-corrected chi connectivity index (χ4v) is 7.41. The molecule has 5 heterocycles. The van der Waals surface area contributed by atoms with Crippen LogP contribution in [0.3, 0.4) is 0 Å². The van der Waals surface area contributed by atoms with Crippen molar-refractivity contribution in [3.8, 4) is 11.2 Å². The zero-order valence-electron chi connectivity index (χ0n) is 22.1. The third kappa shape index (κ3) is 4.41. The molecule has 13 nitrogen and oxygen atoms in total. The number of aromatic nitrogens is 5. The second-order valence-corrected chi connectivity index (χ2v) is 13.2. The Balaban J connectivity index is 1.33. The molecule has 0 atom stereocenters. The van der Waals surface area contributed by atoms with Gasteiger partial charge in [0.2, 0.25) is 15.2 Å². The van der Waals surface area contributed by atoms with E-state index in [0.717, 1.165) is 19.5 Å². The van der Waals surface area contributed by atoms with Gasteiger partial charge in [-0.3, -0.25) is 4.57 Å². The van der Waals surface area contributed by atoms with Crippen molar-refractivity contribution in [2.45, 2.75) is 36.1 Å². The zero-order chi connectivity index (χ0) is 29.2. The van der Waals surface area contributed by atoms with E-state index in [0.29, 0.717) is 78.1 Å². The van der Waals surface area contributed by atoms with Crippen molar-refractivity contribution in [2.24, 2.45) is 0 Å². The monoisotopic (exact) mass is 614 g/mol. The standard InChI is InChI=1S/C25H24F2N10O3S2/c26-19(27)22-31-32-23(41-22)37-17-12-15(42(39,40)33-25(13-28)4-5-25)2-3-16(17)18-20(29-14-30-21(18)37)34-8-10-36(11-9-34)24(38)35-6-1-7-35/h2-3,12,14,19,33H,1,4-11H2. The number of nitrogens with zero attached hydrogens (tertiary/aromatic N) is 9. The van der Waals surface area contributed by atoms with Crippen LogP contribution in [0.25, 0.3) is 27.1 Å². The lowest BCUT2D eigenvalue weighted by atomic mass is 10.2. The van der Waals surface area contributed by atoms with E-state index >= 15 is 0 Å². The number of anilines is 1. The molecule has 17 heteroatoms. The molecule has 0 unspecified atom stereocenters. The smallest absolute Gasteiger partial charge is 0.320 e. The first-order valence-electron chi connectivity index (χ1n) is 13.3. The normalized spacial score (nSPS) is 18.5. The number of carbonyl (C=O) groups excluding carboxylic acids is 1. The molecular weight excluding hydrogens is 590 g/mol. The van der Waals surface area contributed by atoms with E-state index in [9.17, 15) is 27.3 Å². The third-order valence-corrected chi connectivity index (χ3v) is 10.3. The number of nitriles is 1. The van der Waals surface area contributed by atoms with Crippen molar-refractivity contribution < 1.29 is 22.0 Å². The van der Waals surface area contributed by atoms with Crippen molar-refractivity contribution >= 4 is 55.1 Å². The van der Waals surface area contributed by atoms with Crippen LogP contribution < -0.4 is 9.62 Å². The lowest BCUT2D eigenvalue weighted by Gasteiger charge is -2.40. The molecule has 3 fully saturated rings. The fraction of sp³-hybridized carbons (Fsp3) is 0.440. The molecule has 2 amide bonds. The molecule has 1 aliphatic carbocycles. The van der Waals surface area contributed by atoms with Gasteiger partial charge in [-0.05, 0) is 31.4 Å². The second-order valence-electron chi connectivity index (χ2n) is 10.5. The molecule has 1 N–H and O–H groups in total. The maximum absolute atomic E-state index is 13.5. The highest BCUT2D eigenvalue weighted by Crippen LogP contribution is 2.40. The predicted octanol–water partition coefficient (Wildman–Crippen LogP) is 2.64. The number of urea groups is 1. The molecule has 2 aliphatic heterocycles. The summed E-state index contributed by atoms with van der Waals surface area (Å²) < 4.78 is 57.4. The van der Waals surface area contributed by atoms with Gasteiger partial charge in [0, 0.05) is 44.7 Å². The number of rotatable bonds is 6. The minimum Gasteiger partial charge on any atom is -0.352 e. The van der Waals surface area contributed by atoms with Crippen molar-refractivity contribution in [3.63, 3.8) is 0 Å². The highest BCUT2D eigenvalue weighted by atomic mass is 32.2. The Kier molecular flexibility index (Phi) is 6.26. The Bertz CT molecular complexity index is 1870. The van der Waals surface area contributed by atoms with Crippen LogP contribution in [0.2, 0.25) is 0 Å². The highest BCUT2D eigenvalue weighted by molar-refractivity contribution is 7.89. The zero-order valence-corrected chi connectivity index (χ0v) is 23.7. The first-order valence-corrected chi connectivity index (χ1v) is 15.6. The SMILES string of the molecule is N#CC1(NS(=O)(=O)c2ccc3c4c(N5CCN(C(=O)N6CCC6)CC5)ncnc4n(-c4nnc(C(F)F)s4)c3c2)CC1. The number of hydrogen-bond acceptors (Lipinski definition) is 10. The van der Waals surface area contributed by atoms with Gasteiger partial charge in [-0.15, -0.1) is 10.2 Å². The van der Waals surface area contributed by atoms with Crippen molar-refractivity contribution in [2.75, 3.05) is 44.2 Å². The fourth-order valence-electron chi connectivity index (χ4n) is 5.30. The maximum Gasteiger partial charge on any atom is 0.320 e. The average molecular weight is 615 g/mol. The van der Waals surface area contributed by atoms with E-state index in [4.69, 9.17) is 0 Å². The molecule has 7 rings (SSSR count). The molecule has 0 radical (unpaired) electrons. The minimum absolute atomic E-state index is 0.0307. The Morgan fingerprint density at radius 2 is 1.81 bits per heavy atom. The summed E-state index contributed by atoms with van der Waals surface area (Å²) in [5.41, 5.74) is -0.409. The summed E-state index contributed by atoms with van der Waals surface area (Å²) in [5, 5.41) is 17.8. The van der Waals surface area contributed by atoms with Gasteiger partial charge < -0.3 is 14.7 Å². The molecule has 218 valence electrons. The number of sulfonamides is 1. The topological polar surface area (TPSA) is 153 Å². The van der Waals surface area contributed by atoms with Crippen molar-refractivity contribution in [1.82, 2.24) is 39.3 Å². The Labute approximate surface area is 242 Å². The summed E-state index contributed by atoms with van der Waals surface area (Å²) in [6, 6.07) is 6.53. The molecule has 3 aliphatic rings. The summed E-state index contributed by atoms with van der Waals surface area (Å²) >= 11 is 0.680. The lowest BCUT2D eigenvalue weighted by molar-refractivity contribution is 0.124. The summed E-state index contributed by atoms with van der Waals surface area (Å²) in [5.74, 6) is 0.577. The lowest BCUT2D eigenvalue weighted by Crippen LogP contribution is -2.55. The van der Waals surface area contributed by atoms with Gasteiger partial charge in [0.15, 0.2) is 10.7 Å². The number of piperazine rings is 1. The summed E-state index contributed by atoms with van der Waals surface area (Å²) in [6.07, 6.45) is 0.388. The Morgan fingerprint density at radius 1 is 1.07 bits per heavy atom. The molecule has 3 aromatic heterocycles. The number of hydrogen-bond donors (Lipinski definition) is 1. The van der Waals surface area contributed by atoms with Crippen LogP contribution in [0.1, 0.15) is 30.7 Å². The van der Waals surface area contributed by atoms with E-state index < -0.39 is 27.0 Å². The van der Waals surface area contributed by atoms with Gasteiger partial charge in [-0.1, -0.05) is 17.4 Å². The quantitative estimate of drug-likeness (QED) is 0.345. The highest BCUT2D eigenvalue weighted by Gasteiger charge is 2.47. The molecular formula is C25H24F2N10O3S2. The second kappa shape index (κ2) is 9.78. The molecule has 1 aromatic carbocycles. The number of carbonyl (C=O) groups is 1. The summed E-state index contributed by atoms with van der Waals surface area (Å²) in [4.78, 5) is 27.3. The number of benzene rings is 1. The minimum atomic E-state index is -4.08. The van der Waals surface area contributed by atoms with Crippen LogP contribution in [-0.4, -0.2) is 93.8 Å². The van der Waals surface area contributed by atoms with Gasteiger partial charge in [-0.25, -0.2) is 32.0 Å². The van der Waals surface area contributed by atoms with Crippen molar-refractivity contribution in [3.05, 3.63) is 29.5 Å². The number of alkyl halides is 2. The molecule has 42 heavy (non-hydrogen) atoms. The van der Waals surface area contributed by atoms with Gasteiger partial charge in [0.05, 0.1) is 21.9 Å². The van der Waals surface area contributed by atoms with Crippen LogP contribution in [0.15, 0.2) is 29.4 Å². The summed E-state index contributed by atoms with van der Waals surface area (Å²) in [7, 11) is -4.08. The Hall–Kier alpha value is -4.01. The van der Waals surface area contributed by atoms with Gasteiger partial charge in [0.1, 0.15) is 17.7 Å². The van der Waals surface area contributed by atoms with Crippen LogP contribution >= 0.6 is 11.3 Å². The van der Waals surface area contributed by atoms with Crippen LogP contribution in [0.5, 0.6) is 0 Å². The van der Waals surface area contributed by atoms with E-state index in [-0.39, 0.29) is 16.1 Å². The predicted molar refractivity (Wildman–Crippen MR) is 148 cm³/mol. The summed E-state index contributed by atoms with van der Waals surface area (Å²) in [6.45, 7) is 3.58. The molecule has 1 saturated carbocycles. The third-order valence-electron chi connectivity index (χ3n) is 7.89. The van der Waals surface area contributed by atoms with E-state index in [1.807, 2.05) is 20.8 Å². The van der Waals surface area contributed by atoms with E-state index in [2.05, 4.69) is 24.9 Å². The van der Waals surface area contributed by atoms with E-state index in [1.54, 1.807) is 6.07 Å². The molecule has 0 spiro atoms. The van der Waals surface area contributed by atoms with Gasteiger partial charge in [-0.2, -0.15) is 9.98 Å². The van der Waals surface area contributed by atoms with Gasteiger partial charge >= 0.3 is 6.03 Å². The van der Waals surface area contributed by atoms with Crippen LogP contribution in [0.4, 0.5) is 19.4 Å².